The number of allylic oxidation sites excluding steroid dienone is 3. The van der Waals surface area contributed by atoms with Crippen LogP contribution in [-0.2, 0) is 10.2 Å². The number of likely N-dealkylation sites (tertiary alicyclic amines) is 1. The SMILES string of the molecule is COc1cc(C(=O)N2C(C3=CC=CCC3)[C@@H](C(=O)O)C[C@H](c3cnccn3)[C@@H]2c2nccs2)ccc1C(C)(C)C. The Bertz CT molecular complexity index is 1430. The molecular weight excluding hydrogens is 524 g/mol. The molecule has 0 saturated carbocycles. The minimum atomic E-state index is -0.939. The first-order valence-corrected chi connectivity index (χ1v) is 14.3. The maximum atomic E-state index is 14.7. The van der Waals surface area contributed by atoms with Gasteiger partial charge in [0.05, 0.1) is 30.8 Å². The predicted octanol–water partition coefficient (Wildman–Crippen LogP) is 5.96. The van der Waals surface area contributed by atoms with Crippen molar-refractivity contribution in [2.45, 2.75) is 63.5 Å². The van der Waals surface area contributed by atoms with Crippen LogP contribution in [0.25, 0.3) is 0 Å². The minimum absolute atomic E-state index is 0.186. The van der Waals surface area contributed by atoms with E-state index < -0.39 is 29.9 Å². The first kappa shape index (κ1) is 27.7. The molecule has 1 N–H and O–H groups in total. The second-order valence-electron chi connectivity index (χ2n) is 11.3. The molecule has 1 aliphatic carbocycles. The van der Waals surface area contributed by atoms with Crippen LogP contribution in [0.15, 0.2) is 72.2 Å². The average Bonchev–Trinajstić information content (AvgIpc) is 3.50. The molecule has 1 saturated heterocycles. The summed E-state index contributed by atoms with van der Waals surface area (Å²) in [7, 11) is 1.60. The third-order valence-corrected chi connectivity index (χ3v) is 8.62. The molecule has 1 aliphatic heterocycles. The Labute approximate surface area is 238 Å². The van der Waals surface area contributed by atoms with Crippen molar-refractivity contribution < 1.29 is 19.4 Å². The molecule has 0 spiro atoms. The number of aliphatic carboxylic acids is 1. The van der Waals surface area contributed by atoms with Crippen molar-refractivity contribution in [3.05, 3.63) is 94.0 Å². The molecule has 40 heavy (non-hydrogen) atoms. The lowest BCUT2D eigenvalue weighted by Gasteiger charge is -2.49. The van der Waals surface area contributed by atoms with Crippen LogP contribution in [0.2, 0.25) is 0 Å². The summed E-state index contributed by atoms with van der Waals surface area (Å²) in [6.45, 7) is 6.28. The maximum absolute atomic E-state index is 14.7. The number of piperidine rings is 1. The maximum Gasteiger partial charge on any atom is 0.308 e. The number of methoxy groups -OCH3 is 1. The van der Waals surface area contributed by atoms with Crippen LogP contribution in [0.1, 0.15) is 78.6 Å². The summed E-state index contributed by atoms with van der Waals surface area (Å²) < 4.78 is 5.73. The summed E-state index contributed by atoms with van der Waals surface area (Å²) in [6.07, 6.45) is 14.3. The first-order chi connectivity index (χ1) is 19.2. The van der Waals surface area contributed by atoms with Crippen LogP contribution in [-0.4, -0.2) is 50.0 Å². The molecule has 1 unspecified atom stereocenters. The Balaban J connectivity index is 1.72. The Kier molecular flexibility index (Phi) is 7.85. The van der Waals surface area contributed by atoms with Gasteiger partial charge in [0.2, 0.25) is 0 Å². The highest BCUT2D eigenvalue weighted by Gasteiger charge is 2.51. The van der Waals surface area contributed by atoms with E-state index >= 15 is 0 Å². The normalized spacial score (nSPS) is 23.0. The van der Waals surface area contributed by atoms with E-state index in [1.165, 1.54) is 11.3 Å². The summed E-state index contributed by atoms with van der Waals surface area (Å²) in [6, 6.07) is 4.35. The van der Waals surface area contributed by atoms with Gasteiger partial charge in [-0.2, -0.15) is 0 Å². The number of hydrogen-bond acceptors (Lipinski definition) is 7. The Hall–Kier alpha value is -3.85. The number of rotatable bonds is 6. The van der Waals surface area contributed by atoms with E-state index in [9.17, 15) is 14.7 Å². The van der Waals surface area contributed by atoms with E-state index in [-0.39, 0.29) is 11.3 Å². The number of carboxylic acids is 1. The van der Waals surface area contributed by atoms with E-state index in [2.05, 4.69) is 41.8 Å². The fourth-order valence-corrected chi connectivity index (χ4v) is 6.73. The summed E-state index contributed by atoms with van der Waals surface area (Å²) in [5.74, 6) is -1.82. The number of ether oxygens (including phenoxy) is 1. The summed E-state index contributed by atoms with van der Waals surface area (Å²) >= 11 is 1.46. The van der Waals surface area contributed by atoms with Crippen LogP contribution in [0, 0.1) is 5.92 Å². The number of carboxylic acid groups (broad SMARTS) is 1. The molecule has 208 valence electrons. The molecule has 2 aromatic heterocycles. The summed E-state index contributed by atoms with van der Waals surface area (Å²) in [4.78, 5) is 42.8. The number of thiazole rings is 1. The van der Waals surface area contributed by atoms with Gasteiger partial charge in [-0.15, -0.1) is 11.3 Å². The fraction of sp³-hybridized carbons (Fsp3) is 0.387. The highest BCUT2D eigenvalue weighted by Crippen LogP contribution is 2.50. The van der Waals surface area contributed by atoms with Gasteiger partial charge in [-0.25, -0.2) is 4.98 Å². The van der Waals surface area contributed by atoms with Crippen molar-refractivity contribution in [1.29, 1.82) is 0 Å². The molecule has 8 nitrogen and oxygen atoms in total. The van der Waals surface area contributed by atoms with Crippen LogP contribution in [0.3, 0.4) is 0 Å². The van der Waals surface area contributed by atoms with Gasteiger partial charge in [0.1, 0.15) is 10.8 Å². The Morgan fingerprint density at radius 1 is 1.12 bits per heavy atom. The van der Waals surface area contributed by atoms with Crippen molar-refractivity contribution >= 4 is 23.2 Å². The van der Waals surface area contributed by atoms with E-state index in [0.29, 0.717) is 29.8 Å². The van der Waals surface area contributed by atoms with Gasteiger partial charge in [-0.1, -0.05) is 45.1 Å². The molecule has 1 aromatic carbocycles. The molecule has 3 heterocycles. The third kappa shape index (κ3) is 5.30. The van der Waals surface area contributed by atoms with Gasteiger partial charge in [-0.05, 0) is 47.9 Å². The predicted molar refractivity (Wildman–Crippen MR) is 153 cm³/mol. The molecule has 9 heteroatoms. The van der Waals surface area contributed by atoms with E-state index in [1.807, 2.05) is 29.7 Å². The van der Waals surface area contributed by atoms with Crippen molar-refractivity contribution in [2.24, 2.45) is 5.92 Å². The van der Waals surface area contributed by atoms with Gasteiger partial charge >= 0.3 is 5.97 Å². The minimum Gasteiger partial charge on any atom is -0.496 e. The lowest BCUT2D eigenvalue weighted by atomic mass is 9.73. The molecular formula is C31H34N4O4S. The molecule has 1 amide bonds. The van der Waals surface area contributed by atoms with Gasteiger partial charge in [0.25, 0.3) is 5.91 Å². The highest BCUT2D eigenvalue weighted by atomic mass is 32.1. The zero-order valence-corrected chi connectivity index (χ0v) is 24.0. The fourth-order valence-electron chi connectivity index (χ4n) is 5.93. The van der Waals surface area contributed by atoms with Crippen molar-refractivity contribution in [3.8, 4) is 5.75 Å². The number of carbonyl (C=O) groups excluding carboxylic acids is 1. The highest BCUT2D eigenvalue weighted by molar-refractivity contribution is 7.09. The molecule has 2 aliphatic rings. The van der Waals surface area contributed by atoms with E-state index in [1.54, 1.807) is 42.9 Å². The summed E-state index contributed by atoms with van der Waals surface area (Å²) in [5.41, 5.74) is 2.81. The summed E-state index contributed by atoms with van der Waals surface area (Å²) in [5, 5.41) is 13.2. The standard InChI is InChI=1S/C31H34N4O4S/c1-31(2,3)23-11-10-20(16-25(23)39-4)29(36)35-26(19-8-6-5-7-9-19)22(30(37)38)17-21(24-18-32-12-13-33-24)27(35)28-34-14-15-40-28/h5-6,8,10-16,18,21-22,26-27H,7,9,17H2,1-4H3,(H,37,38)/t21-,22+,26?,27-/m1/s1. The second kappa shape index (κ2) is 11.3. The smallest absolute Gasteiger partial charge is 0.308 e. The van der Waals surface area contributed by atoms with Crippen molar-refractivity contribution in [2.75, 3.05) is 7.11 Å². The van der Waals surface area contributed by atoms with Crippen LogP contribution >= 0.6 is 11.3 Å². The number of aromatic nitrogens is 3. The van der Waals surface area contributed by atoms with Crippen LogP contribution < -0.4 is 4.74 Å². The monoisotopic (exact) mass is 558 g/mol. The number of amides is 1. The van der Waals surface area contributed by atoms with Gasteiger partial charge in [-0.3, -0.25) is 19.6 Å². The number of benzene rings is 1. The third-order valence-electron chi connectivity index (χ3n) is 7.77. The van der Waals surface area contributed by atoms with Gasteiger partial charge in [0, 0.05) is 41.6 Å². The zero-order chi connectivity index (χ0) is 28.4. The topological polar surface area (TPSA) is 106 Å². The van der Waals surface area contributed by atoms with Crippen LogP contribution in [0.5, 0.6) is 5.75 Å². The second-order valence-corrected chi connectivity index (χ2v) is 12.2. The van der Waals surface area contributed by atoms with Crippen molar-refractivity contribution in [1.82, 2.24) is 19.9 Å². The Morgan fingerprint density at radius 3 is 2.55 bits per heavy atom. The number of carbonyl (C=O) groups is 2. The molecule has 1 fully saturated rings. The molecule has 0 radical (unpaired) electrons. The van der Waals surface area contributed by atoms with Gasteiger partial charge in [0.15, 0.2) is 0 Å². The average molecular weight is 559 g/mol. The molecule has 5 rings (SSSR count). The van der Waals surface area contributed by atoms with Gasteiger partial charge < -0.3 is 14.7 Å². The van der Waals surface area contributed by atoms with E-state index in [0.717, 1.165) is 22.6 Å². The molecule has 4 atom stereocenters. The molecule has 3 aromatic rings. The lowest BCUT2D eigenvalue weighted by Crippen LogP contribution is -2.55. The zero-order valence-electron chi connectivity index (χ0n) is 23.2. The molecule has 0 bridgehead atoms. The van der Waals surface area contributed by atoms with Crippen molar-refractivity contribution in [3.63, 3.8) is 0 Å². The van der Waals surface area contributed by atoms with Crippen LogP contribution in [0.4, 0.5) is 0 Å². The Morgan fingerprint density at radius 2 is 1.95 bits per heavy atom. The quantitative estimate of drug-likeness (QED) is 0.398. The first-order valence-electron chi connectivity index (χ1n) is 13.5. The van der Waals surface area contributed by atoms with E-state index in [4.69, 9.17) is 4.74 Å². The number of nitrogens with zero attached hydrogens (tertiary/aromatic N) is 4. The largest absolute Gasteiger partial charge is 0.496 e. The lowest BCUT2D eigenvalue weighted by molar-refractivity contribution is -0.146. The number of hydrogen-bond donors (Lipinski definition) is 1.